The first-order chi connectivity index (χ1) is 14.7. The molecule has 0 aliphatic carbocycles. The highest BCUT2D eigenvalue weighted by Crippen LogP contribution is 2.26. The normalized spacial score (nSPS) is 11.7. The van der Waals surface area contributed by atoms with Crippen LogP contribution in [0.25, 0.3) is 5.69 Å². The van der Waals surface area contributed by atoms with E-state index in [1.165, 1.54) is 24.9 Å². The van der Waals surface area contributed by atoms with Gasteiger partial charge in [-0.2, -0.15) is 13.2 Å². The fraction of sp³-hybridized carbons (Fsp3) is 0.263. The Balaban J connectivity index is 2.53. The number of carbonyl (C=O) groups is 2. The van der Waals surface area contributed by atoms with Gasteiger partial charge in [0.2, 0.25) is 5.60 Å². The summed E-state index contributed by atoms with van der Waals surface area (Å²) in [6.45, 7) is 5.70. The Morgan fingerprint density at radius 2 is 1.84 bits per heavy atom. The Morgan fingerprint density at radius 1 is 1.22 bits per heavy atom. The van der Waals surface area contributed by atoms with E-state index < -0.39 is 52.2 Å². The Kier molecular flexibility index (Phi) is 7.32. The molecule has 0 spiro atoms. The van der Waals surface area contributed by atoms with Crippen LogP contribution in [0.5, 0.6) is 0 Å². The molecule has 0 bridgehead atoms. The molecule has 32 heavy (non-hydrogen) atoms. The van der Waals surface area contributed by atoms with Crippen molar-refractivity contribution in [3.8, 4) is 5.69 Å². The summed E-state index contributed by atoms with van der Waals surface area (Å²) in [7, 11) is 0. The van der Waals surface area contributed by atoms with Gasteiger partial charge in [0.05, 0.1) is 11.3 Å². The highest BCUT2D eigenvalue weighted by Gasteiger charge is 2.35. The van der Waals surface area contributed by atoms with Crippen LogP contribution in [-0.4, -0.2) is 33.7 Å². The maximum absolute atomic E-state index is 14.5. The lowest BCUT2D eigenvalue weighted by atomic mass is 10.1. The molecule has 0 atom stereocenters. The zero-order chi connectivity index (χ0) is 24.4. The first kappa shape index (κ1) is 25.3. The van der Waals surface area contributed by atoms with Gasteiger partial charge >= 0.3 is 23.8 Å². The van der Waals surface area contributed by atoms with Gasteiger partial charge < -0.3 is 14.5 Å². The van der Waals surface area contributed by atoms with Crippen LogP contribution in [-0.2, 0) is 20.4 Å². The van der Waals surface area contributed by atoms with Crippen LogP contribution >= 0.6 is 22.6 Å². The number of halogens is 5. The van der Waals surface area contributed by atoms with Gasteiger partial charge in [-0.15, -0.1) is 0 Å². The Bertz CT molecular complexity index is 1170. The second-order valence-electron chi connectivity index (χ2n) is 6.73. The number of aromatic amines is 1. The lowest BCUT2D eigenvalue weighted by molar-refractivity contribution is -0.161. The zero-order valence-electron chi connectivity index (χ0n) is 16.5. The molecule has 8 nitrogen and oxygen atoms in total. The van der Waals surface area contributed by atoms with Crippen molar-refractivity contribution >= 4 is 34.5 Å². The molecule has 2 rings (SSSR count). The summed E-state index contributed by atoms with van der Waals surface area (Å²) in [5.74, 6) is -3.20. The van der Waals surface area contributed by atoms with Gasteiger partial charge in [-0.1, -0.05) is 12.7 Å². The number of H-pyrrole nitrogens is 1. The molecule has 0 amide bonds. The van der Waals surface area contributed by atoms with Gasteiger partial charge in [-0.3, -0.25) is 4.79 Å². The third-order valence-electron chi connectivity index (χ3n) is 3.91. The maximum atomic E-state index is 14.5. The summed E-state index contributed by atoms with van der Waals surface area (Å²) < 4.78 is 62.9. The van der Waals surface area contributed by atoms with Crippen molar-refractivity contribution in [1.29, 1.82) is 0 Å². The molecular formula is C19H15F4IN2O6. The summed E-state index contributed by atoms with van der Waals surface area (Å²) in [4.78, 5) is 50.3. The average Bonchev–Trinajstić information content (AvgIpc) is 2.65. The summed E-state index contributed by atoms with van der Waals surface area (Å²) in [5.41, 5.74) is -7.57. The minimum Gasteiger partial charge on any atom is -0.459 e. The first-order valence-corrected chi connectivity index (χ1v) is 9.71. The second kappa shape index (κ2) is 9.26. The second-order valence-corrected chi connectivity index (χ2v) is 7.89. The largest absolute Gasteiger partial charge is 0.459 e. The number of nitrogens with zero attached hydrogens (tertiary/aromatic N) is 1. The number of alkyl halides is 3. The smallest absolute Gasteiger partial charge is 0.431 e. The van der Waals surface area contributed by atoms with Gasteiger partial charge in [0.1, 0.15) is 18.1 Å². The SMILES string of the molecule is C=CCOC(=O)C(C)(C)OC(=O)c1cc(-n2c(=O)cc(C(F)(F)F)[nH]c2=O)c(F)cc1I. The first-order valence-electron chi connectivity index (χ1n) is 8.63. The molecule has 0 aliphatic rings. The Labute approximate surface area is 191 Å². The molecule has 1 aromatic carbocycles. The van der Waals surface area contributed by atoms with Crippen LogP contribution in [0.4, 0.5) is 17.6 Å². The number of nitrogens with one attached hydrogen (secondary N) is 1. The van der Waals surface area contributed by atoms with Crippen molar-refractivity contribution in [1.82, 2.24) is 9.55 Å². The molecule has 0 radical (unpaired) electrons. The molecule has 172 valence electrons. The number of hydrogen-bond donors (Lipinski definition) is 1. The molecule has 1 heterocycles. The maximum Gasteiger partial charge on any atom is 0.431 e. The van der Waals surface area contributed by atoms with Gasteiger partial charge in [-0.25, -0.2) is 23.3 Å². The van der Waals surface area contributed by atoms with Crippen LogP contribution in [0, 0.1) is 9.39 Å². The molecule has 1 aromatic heterocycles. The molecule has 0 fully saturated rings. The molecular weight excluding hydrogens is 555 g/mol. The average molecular weight is 570 g/mol. The molecule has 1 N–H and O–H groups in total. The Hall–Kier alpha value is -2.97. The van der Waals surface area contributed by atoms with Crippen molar-refractivity contribution in [2.24, 2.45) is 0 Å². The highest BCUT2D eigenvalue weighted by molar-refractivity contribution is 14.1. The van der Waals surface area contributed by atoms with E-state index >= 15 is 0 Å². The molecule has 0 saturated carbocycles. The van der Waals surface area contributed by atoms with Gasteiger partial charge in [0.25, 0.3) is 5.56 Å². The number of esters is 2. The molecule has 2 aromatic rings. The van der Waals surface area contributed by atoms with E-state index in [0.717, 1.165) is 12.1 Å². The quantitative estimate of drug-likeness (QED) is 0.248. The molecule has 13 heteroatoms. The third-order valence-corrected chi connectivity index (χ3v) is 4.80. The zero-order valence-corrected chi connectivity index (χ0v) is 18.7. The predicted molar refractivity (Wildman–Crippen MR) is 111 cm³/mol. The van der Waals surface area contributed by atoms with Crippen LogP contribution in [0.2, 0.25) is 0 Å². The summed E-state index contributed by atoms with van der Waals surface area (Å²) in [5, 5.41) is 0. The number of ether oxygens (including phenoxy) is 2. The van der Waals surface area contributed by atoms with E-state index in [9.17, 15) is 36.7 Å². The minimum atomic E-state index is -5.01. The number of hydrogen-bond acceptors (Lipinski definition) is 6. The standard InChI is InChI=1S/C19H15F4IN2O6/c1-4-5-31-16(29)18(2,3)32-15(28)9-6-12(10(20)7-11(9)24)26-14(27)8-13(19(21,22)23)25-17(26)30/h4,6-8H,1,5H2,2-3H3,(H,25,30). The summed E-state index contributed by atoms with van der Waals surface area (Å²) >= 11 is 1.57. The molecule has 0 saturated heterocycles. The van der Waals surface area contributed by atoms with Gasteiger partial charge in [-0.05, 0) is 48.6 Å². The van der Waals surface area contributed by atoms with E-state index in [0.29, 0.717) is 0 Å². The fourth-order valence-electron chi connectivity index (χ4n) is 2.38. The summed E-state index contributed by atoms with van der Waals surface area (Å²) in [6.07, 6.45) is -3.72. The van der Waals surface area contributed by atoms with E-state index in [1.807, 2.05) is 0 Å². The van der Waals surface area contributed by atoms with Crippen molar-refractivity contribution in [2.75, 3.05) is 6.61 Å². The van der Waals surface area contributed by atoms with Crippen molar-refractivity contribution < 1.29 is 36.6 Å². The lowest BCUT2D eigenvalue weighted by Gasteiger charge is -2.23. The van der Waals surface area contributed by atoms with Crippen LogP contribution in [0.15, 0.2) is 40.4 Å². The van der Waals surface area contributed by atoms with E-state index in [-0.39, 0.29) is 26.4 Å². The molecule has 0 aliphatic heterocycles. The number of benzene rings is 1. The van der Waals surface area contributed by atoms with E-state index in [2.05, 4.69) is 6.58 Å². The topological polar surface area (TPSA) is 107 Å². The van der Waals surface area contributed by atoms with Crippen molar-refractivity contribution in [2.45, 2.75) is 25.6 Å². The van der Waals surface area contributed by atoms with Crippen LogP contribution in [0.3, 0.4) is 0 Å². The van der Waals surface area contributed by atoms with E-state index in [4.69, 9.17) is 9.47 Å². The monoisotopic (exact) mass is 570 g/mol. The minimum absolute atomic E-state index is 0.0134. The third kappa shape index (κ3) is 5.44. The van der Waals surface area contributed by atoms with Gasteiger partial charge in [0.15, 0.2) is 0 Å². The van der Waals surface area contributed by atoms with Crippen LogP contribution in [0.1, 0.15) is 29.9 Å². The number of aromatic nitrogens is 2. The fourth-order valence-corrected chi connectivity index (χ4v) is 3.03. The highest BCUT2D eigenvalue weighted by atomic mass is 127. The van der Waals surface area contributed by atoms with Crippen LogP contribution < -0.4 is 11.2 Å². The van der Waals surface area contributed by atoms with Crippen molar-refractivity contribution in [3.05, 3.63) is 72.3 Å². The van der Waals surface area contributed by atoms with Gasteiger partial charge in [0, 0.05) is 9.64 Å². The number of carbonyl (C=O) groups excluding carboxylic acids is 2. The predicted octanol–water partition coefficient (Wildman–Crippen LogP) is 2.95. The Morgan fingerprint density at radius 3 is 2.38 bits per heavy atom. The van der Waals surface area contributed by atoms with E-state index in [1.54, 1.807) is 22.6 Å². The number of rotatable bonds is 6. The van der Waals surface area contributed by atoms with Crippen molar-refractivity contribution in [3.63, 3.8) is 0 Å². The summed E-state index contributed by atoms with van der Waals surface area (Å²) in [6, 6.07) is 1.61. The molecule has 0 unspecified atom stereocenters. The lowest BCUT2D eigenvalue weighted by Crippen LogP contribution is -2.39.